The van der Waals surface area contributed by atoms with Gasteiger partial charge in [-0.25, -0.2) is 9.67 Å². The van der Waals surface area contributed by atoms with Crippen molar-refractivity contribution in [1.82, 2.24) is 19.7 Å². The molecule has 1 fully saturated rings. The Kier molecular flexibility index (Phi) is 5.59. The minimum atomic E-state index is 0.192. The summed E-state index contributed by atoms with van der Waals surface area (Å²) in [6, 6.07) is 12.6. The van der Waals surface area contributed by atoms with Gasteiger partial charge >= 0.3 is 0 Å². The summed E-state index contributed by atoms with van der Waals surface area (Å²) in [5.41, 5.74) is 9.16. The molecule has 4 rings (SSSR count). The van der Waals surface area contributed by atoms with Gasteiger partial charge in [0.2, 0.25) is 0 Å². The number of nitrogens with two attached hydrogens (primary N) is 1. The molecule has 0 saturated carbocycles. The number of likely N-dealkylation sites (tertiary alicyclic amines) is 1. The second-order valence-electron chi connectivity index (χ2n) is 7.81. The molecule has 28 heavy (non-hydrogen) atoms. The van der Waals surface area contributed by atoms with E-state index >= 15 is 0 Å². The van der Waals surface area contributed by atoms with E-state index in [1.54, 1.807) is 0 Å². The third-order valence-corrected chi connectivity index (χ3v) is 5.21. The third kappa shape index (κ3) is 4.03. The maximum Gasteiger partial charge on any atom is 0.158 e. The molecule has 2 aromatic heterocycles. The van der Waals surface area contributed by atoms with E-state index in [1.165, 1.54) is 5.56 Å². The lowest BCUT2D eigenvalue weighted by molar-refractivity contribution is 0.241. The van der Waals surface area contributed by atoms with Crippen LogP contribution in [-0.4, -0.2) is 45.4 Å². The van der Waals surface area contributed by atoms with E-state index in [9.17, 15) is 0 Å². The predicted octanol–water partition coefficient (Wildman–Crippen LogP) is 3.17. The van der Waals surface area contributed by atoms with Gasteiger partial charge in [-0.3, -0.25) is 4.90 Å². The van der Waals surface area contributed by atoms with Crippen molar-refractivity contribution < 1.29 is 4.74 Å². The summed E-state index contributed by atoms with van der Waals surface area (Å²) in [5.74, 6) is 1.38. The minimum absolute atomic E-state index is 0.192. The second kappa shape index (κ2) is 8.29. The van der Waals surface area contributed by atoms with Crippen molar-refractivity contribution in [2.24, 2.45) is 5.73 Å². The molecular formula is C22H29N5O. The van der Waals surface area contributed by atoms with Crippen molar-refractivity contribution in [1.29, 1.82) is 0 Å². The van der Waals surface area contributed by atoms with Crippen molar-refractivity contribution in [2.45, 2.75) is 45.4 Å². The molecule has 0 aliphatic carbocycles. The largest absolute Gasteiger partial charge is 0.491 e. The van der Waals surface area contributed by atoms with Crippen LogP contribution < -0.4 is 10.5 Å². The molecule has 6 heteroatoms. The molecule has 1 saturated heterocycles. The molecule has 0 amide bonds. The van der Waals surface area contributed by atoms with Gasteiger partial charge in [0.05, 0.1) is 18.3 Å². The molecule has 3 heterocycles. The van der Waals surface area contributed by atoms with E-state index in [-0.39, 0.29) is 6.10 Å². The van der Waals surface area contributed by atoms with E-state index in [0.717, 1.165) is 48.5 Å². The summed E-state index contributed by atoms with van der Waals surface area (Å²) in [6.45, 7) is 8.40. The first kappa shape index (κ1) is 18.9. The number of hydrogen-bond donors (Lipinski definition) is 1. The van der Waals surface area contributed by atoms with Crippen LogP contribution in [0.25, 0.3) is 11.0 Å². The van der Waals surface area contributed by atoms with Gasteiger partial charge in [-0.05, 0) is 56.6 Å². The highest BCUT2D eigenvalue weighted by atomic mass is 16.5. The Bertz CT molecular complexity index is 936. The SMILES string of the molecule is CC(C)Oc1cccc(CN2CC[C@H](c3nn(CCN)c4ncccc34)C2)c1. The number of hydrogen-bond acceptors (Lipinski definition) is 5. The van der Waals surface area contributed by atoms with E-state index in [4.69, 9.17) is 15.6 Å². The highest BCUT2D eigenvalue weighted by Crippen LogP contribution is 2.32. The number of benzene rings is 1. The zero-order chi connectivity index (χ0) is 19.5. The first-order valence-electron chi connectivity index (χ1n) is 10.1. The Morgan fingerprint density at radius 3 is 2.96 bits per heavy atom. The van der Waals surface area contributed by atoms with Crippen molar-refractivity contribution in [3.05, 3.63) is 53.9 Å². The molecule has 148 valence electrons. The van der Waals surface area contributed by atoms with Gasteiger partial charge in [-0.2, -0.15) is 5.10 Å². The summed E-state index contributed by atoms with van der Waals surface area (Å²) in [5, 5.41) is 6.04. The lowest BCUT2D eigenvalue weighted by Gasteiger charge is -2.17. The van der Waals surface area contributed by atoms with Crippen LogP contribution in [0.4, 0.5) is 0 Å². The fourth-order valence-electron chi connectivity index (χ4n) is 4.06. The zero-order valence-corrected chi connectivity index (χ0v) is 16.7. The van der Waals surface area contributed by atoms with Crippen molar-refractivity contribution >= 4 is 11.0 Å². The van der Waals surface area contributed by atoms with Crippen LogP contribution in [0.5, 0.6) is 5.75 Å². The van der Waals surface area contributed by atoms with Crippen LogP contribution >= 0.6 is 0 Å². The summed E-state index contributed by atoms with van der Waals surface area (Å²) >= 11 is 0. The standard InChI is InChI=1S/C22H29N5O/c1-16(2)28-19-6-3-5-17(13-19)14-26-11-8-18(15-26)21-20-7-4-10-24-22(20)27(25-21)12-9-23/h3-7,10,13,16,18H,8-9,11-12,14-15,23H2,1-2H3/t18-/m0/s1. The van der Waals surface area contributed by atoms with Crippen molar-refractivity contribution in [3.63, 3.8) is 0 Å². The van der Waals surface area contributed by atoms with Crippen LogP contribution in [0.1, 0.15) is 37.4 Å². The highest BCUT2D eigenvalue weighted by molar-refractivity contribution is 5.78. The normalized spacial score (nSPS) is 17.6. The number of aromatic nitrogens is 3. The van der Waals surface area contributed by atoms with Crippen molar-refractivity contribution in [3.8, 4) is 5.75 Å². The topological polar surface area (TPSA) is 69.2 Å². The van der Waals surface area contributed by atoms with Gasteiger partial charge in [0.25, 0.3) is 0 Å². The lowest BCUT2D eigenvalue weighted by Crippen LogP contribution is -2.20. The minimum Gasteiger partial charge on any atom is -0.491 e. The van der Waals surface area contributed by atoms with Gasteiger partial charge in [0.1, 0.15) is 5.75 Å². The first-order chi connectivity index (χ1) is 13.6. The fourth-order valence-corrected chi connectivity index (χ4v) is 4.06. The van der Waals surface area contributed by atoms with Gasteiger partial charge in [-0.1, -0.05) is 12.1 Å². The molecule has 0 unspecified atom stereocenters. The molecule has 1 aliphatic rings. The molecule has 0 spiro atoms. The van der Waals surface area contributed by atoms with Gasteiger partial charge < -0.3 is 10.5 Å². The molecule has 1 aliphatic heterocycles. The monoisotopic (exact) mass is 379 g/mol. The smallest absolute Gasteiger partial charge is 0.158 e. The molecule has 0 radical (unpaired) electrons. The van der Waals surface area contributed by atoms with Crippen LogP contribution in [0.2, 0.25) is 0 Å². The summed E-state index contributed by atoms with van der Waals surface area (Å²) in [4.78, 5) is 7.03. The summed E-state index contributed by atoms with van der Waals surface area (Å²) < 4.78 is 7.79. The van der Waals surface area contributed by atoms with Crippen LogP contribution in [0.15, 0.2) is 42.6 Å². The average Bonchev–Trinajstić information content (AvgIpc) is 3.27. The average molecular weight is 380 g/mol. The second-order valence-corrected chi connectivity index (χ2v) is 7.81. The maximum atomic E-state index is 5.84. The fraction of sp³-hybridized carbons (Fsp3) is 0.455. The predicted molar refractivity (Wildman–Crippen MR) is 111 cm³/mol. The van der Waals surface area contributed by atoms with Crippen LogP contribution in [-0.2, 0) is 13.1 Å². The Hall–Kier alpha value is -2.44. The Balaban J connectivity index is 1.48. The third-order valence-electron chi connectivity index (χ3n) is 5.21. The molecule has 1 aromatic carbocycles. The molecular weight excluding hydrogens is 350 g/mol. The van der Waals surface area contributed by atoms with Crippen LogP contribution in [0.3, 0.4) is 0 Å². The van der Waals surface area contributed by atoms with Crippen LogP contribution in [0, 0.1) is 0 Å². The van der Waals surface area contributed by atoms with Crippen molar-refractivity contribution in [2.75, 3.05) is 19.6 Å². The molecule has 0 bridgehead atoms. The first-order valence-corrected chi connectivity index (χ1v) is 10.1. The number of nitrogens with zero attached hydrogens (tertiary/aromatic N) is 4. The number of rotatable bonds is 7. The Morgan fingerprint density at radius 2 is 2.14 bits per heavy atom. The number of fused-ring (bicyclic) bond motifs is 1. The molecule has 2 N–H and O–H groups in total. The van der Waals surface area contributed by atoms with Gasteiger partial charge in [0.15, 0.2) is 5.65 Å². The quantitative estimate of drug-likeness (QED) is 0.683. The Labute approximate surface area is 166 Å². The summed E-state index contributed by atoms with van der Waals surface area (Å²) in [7, 11) is 0. The van der Waals surface area contributed by atoms with Gasteiger partial charge in [0, 0.05) is 37.1 Å². The Morgan fingerprint density at radius 1 is 1.25 bits per heavy atom. The van der Waals surface area contributed by atoms with Gasteiger partial charge in [-0.15, -0.1) is 0 Å². The molecule has 6 nitrogen and oxygen atoms in total. The molecule has 3 aromatic rings. The highest BCUT2D eigenvalue weighted by Gasteiger charge is 2.28. The maximum absolute atomic E-state index is 5.84. The lowest BCUT2D eigenvalue weighted by atomic mass is 10.0. The summed E-state index contributed by atoms with van der Waals surface area (Å²) in [6.07, 6.45) is 3.14. The van der Waals surface area contributed by atoms with E-state index < -0.39 is 0 Å². The molecule has 1 atom stereocenters. The van der Waals surface area contributed by atoms with E-state index in [1.807, 2.05) is 23.0 Å². The zero-order valence-electron chi connectivity index (χ0n) is 16.7. The number of ether oxygens (including phenoxy) is 1. The number of pyridine rings is 1. The van der Waals surface area contributed by atoms with E-state index in [2.05, 4.69) is 48.0 Å². The van der Waals surface area contributed by atoms with E-state index in [0.29, 0.717) is 19.0 Å².